The lowest BCUT2D eigenvalue weighted by Crippen LogP contribution is -2.25. The van der Waals surface area contributed by atoms with Gasteiger partial charge in [0.2, 0.25) is 0 Å². The van der Waals surface area contributed by atoms with Crippen LogP contribution in [0.5, 0.6) is 11.5 Å². The van der Waals surface area contributed by atoms with Crippen molar-refractivity contribution in [3.8, 4) is 11.5 Å². The molecule has 2 aromatic rings. The van der Waals surface area contributed by atoms with Crippen LogP contribution in [0.15, 0.2) is 53.6 Å². The van der Waals surface area contributed by atoms with Crippen LogP contribution in [-0.4, -0.2) is 43.5 Å². The van der Waals surface area contributed by atoms with E-state index >= 15 is 0 Å². The first-order chi connectivity index (χ1) is 12.6. The normalized spacial score (nSPS) is 10.3. The molecular formula is C18H19N3O5. The zero-order valence-corrected chi connectivity index (χ0v) is 14.1. The van der Waals surface area contributed by atoms with Crippen LogP contribution in [-0.2, 0) is 9.59 Å². The van der Waals surface area contributed by atoms with Crippen LogP contribution < -0.4 is 20.2 Å². The topological polar surface area (TPSA) is 109 Å². The minimum absolute atomic E-state index is 0.0294. The molecule has 0 bridgehead atoms. The third kappa shape index (κ3) is 6.16. The minimum atomic E-state index is -1.08. The summed E-state index contributed by atoms with van der Waals surface area (Å²) in [6, 6.07) is 14.0. The van der Waals surface area contributed by atoms with Crippen LogP contribution in [0.25, 0.3) is 0 Å². The standard InChI is InChI=1S/C18H19N3O5/c1-25-15-7-4-6-14(9-15)19-11-17(22)21-20-10-13-5-2-3-8-16(13)26-12-18(23)24/h2-10,19H,11-12H2,1H3,(H,21,22)(H,23,24)/b20-10-. The van der Waals surface area contributed by atoms with Crippen molar-refractivity contribution in [1.82, 2.24) is 5.43 Å². The largest absolute Gasteiger partial charge is 0.497 e. The molecule has 8 heteroatoms. The van der Waals surface area contributed by atoms with Gasteiger partial charge in [-0.05, 0) is 24.3 Å². The van der Waals surface area contributed by atoms with Crippen molar-refractivity contribution in [3.05, 3.63) is 54.1 Å². The number of rotatable bonds is 9. The monoisotopic (exact) mass is 357 g/mol. The SMILES string of the molecule is COc1cccc(NCC(=O)N/N=C\c2ccccc2OCC(=O)O)c1. The van der Waals surface area contributed by atoms with Crippen molar-refractivity contribution in [2.75, 3.05) is 25.6 Å². The number of nitrogens with one attached hydrogen (secondary N) is 2. The summed E-state index contributed by atoms with van der Waals surface area (Å²) in [4.78, 5) is 22.4. The van der Waals surface area contributed by atoms with Gasteiger partial charge in [-0.1, -0.05) is 18.2 Å². The zero-order chi connectivity index (χ0) is 18.8. The zero-order valence-electron chi connectivity index (χ0n) is 14.1. The van der Waals surface area contributed by atoms with Crippen molar-refractivity contribution in [2.24, 2.45) is 5.10 Å². The number of benzene rings is 2. The van der Waals surface area contributed by atoms with Crippen molar-refractivity contribution in [2.45, 2.75) is 0 Å². The Balaban J connectivity index is 1.86. The Morgan fingerprint density at radius 2 is 2.00 bits per heavy atom. The van der Waals surface area contributed by atoms with Crippen LogP contribution in [0.1, 0.15) is 5.56 Å². The van der Waals surface area contributed by atoms with E-state index in [9.17, 15) is 9.59 Å². The van der Waals surface area contributed by atoms with Gasteiger partial charge < -0.3 is 19.9 Å². The molecule has 0 unspecified atom stereocenters. The van der Waals surface area contributed by atoms with Crippen molar-refractivity contribution < 1.29 is 24.2 Å². The number of hydrogen-bond donors (Lipinski definition) is 3. The number of aliphatic carboxylic acids is 1. The molecule has 2 aromatic carbocycles. The van der Waals surface area contributed by atoms with Gasteiger partial charge in [0, 0.05) is 17.3 Å². The molecule has 0 aliphatic heterocycles. The summed E-state index contributed by atoms with van der Waals surface area (Å²) in [5, 5.41) is 15.5. The fraction of sp³-hybridized carbons (Fsp3) is 0.167. The van der Waals surface area contributed by atoms with E-state index in [0.29, 0.717) is 17.1 Å². The summed E-state index contributed by atoms with van der Waals surface area (Å²) in [5.74, 6) is -0.365. The van der Waals surface area contributed by atoms with Crippen LogP contribution in [0.3, 0.4) is 0 Å². The predicted molar refractivity (Wildman–Crippen MR) is 96.8 cm³/mol. The smallest absolute Gasteiger partial charge is 0.341 e. The van der Waals surface area contributed by atoms with Crippen molar-refractivity contribution in [3.63, 3.8) is 0 Å². The lowest BCUT2D eigenvalue weighted by Gasteiger charge is -2.07. The van der Waals surface area contributed by atoms with E-state index in [2.05, 4.69) is 15.8 Å². The Morgan fingerprint density at radius 1 is 1.19 bits per heavy atom. The van der Waals surface area contributed by atoms with E-state index in [1.165, 1.54) is 6.21 Å². The van der Waals surface area contributed by atoms with Crippen LogP contribution >= 0.6 is 0 Å². The molecule has 0 aromatic heterocycles. The Kier molecular flexibility index (Phi) is 6.99. The van der Waals surface area contributed by atoms with Crippen molar-refractivity contribution >= 4 is 23.8 Å². The molecule has 1 amide bonds. The highest BCUT2D eigenvalue weighted by atomic mass is 16.5. The van der Waals surface area contributed by atoms with Gasteiger partial charge in [-0.25, -0.2) is 10.2 Å². The number of carbonyl (C=O) groups is 2. The molecule has 8 nitrogen and oxygen atoms in total. The quantitative estimate of drug-likeness (QED) is 0.466. The van der Waals surface area contributed by atoms with E-state index in [1.54, 1.807) is 43.5 Å². The van der Waals surface area contributed by atoms with E-state index in [1.807, 2.05) is 12.1 Å². The van der Waals surface area contributed by atoms with Gasteiger partial charge in [-0.2, -0.15) is 5.10 Å². The first-order valence-corrected chi connectivity index (χ1v) is 7.72. The number of para-hydroxylation sites is 1. The van der Waals surface area contributed by atoms with Gasteiger partial charge >= 0.3 is 5.97 Å². The Hall–Kier alpha value is -3.55. The second-order valence-electron chi connectivity index (χ2n) is 5.10. The van der Waals surface area contributed by atoms with Crippen molar-refractivity contribution in [1.29, 1.82) is 0 Å². The molecule has 0 radical (unpaired) electrons. The van der Waals surface area contributed by atoms with E-state index in [-0.39, 0.29) is 12.5 Å². The van der Waals surface area contributed by atoms with Crippen LogP contribution in [0.4, 0.5) is 5.69 Å². The summed E-state index contributed by atoms with van der Waals surface area (Å²) in [6.45, 7) is -0.427. The number of carboxylic acid groups (broad SMARTS) is 1. The van der Waals surface area contributed by atoms with Gasteiger partial charge in [0.15, 0.2) is 6.61 Å². The molecule has 0 atom stereocenters. The summed E-state index contributed by atoms with van der Waals surface area (Å²) in [6.07, 6.45) is 1.39. The van der Waals surface area contributed by atoms with Crippen LogP contribution in [0.2, 0.25) is 0 Å². The highest BCUT2D eigenvalue weighted by Gasteiger charge is 2.04. The average Bonchev–Trinajstić information content (AvgIpc) is 2.65. The number of anilines is 1. The first-order valence-electron chi connectivity index (χ1n) is 7.72. The van der Waals surface area contributed by atoms with Crippen LogP contribution in [0, 0.1) is 0 Å². The maximum Gasteiger partial charge on any atom is 0.341 e. The molecule has 0 saturated heterocycles. The third-order valence-electron chi connectivity index (χ3n) is 3.19. The van der Waals surface area contributed by atoms with E-state index < -0.39 is 12.6 Å². The summed E-state index contributed by atoms with van der Waals surface area (Å²) < 4.78 is 10.3. The maximum atomic E-state index is 11.8. The maximum absolute atomic E-state index is 11.8. The second kappa shape index (κ2) is 9.67. The number of nitrogens with zero attached hydrogens (tertiary/aromatic N) is 1. The van der Waals surface area contributed by atoms with Gasteiger partial charge in [-0.15, -0.1) is 0 Å². The molecule has 2 rings (SSSR count). The number of ether oxygens (including phenoxy) is 2. The van der Waals surface area contributed by atoms with E-state index in [4.69, 9.17) is 14.6 Å². The summed E-state index contributed by atoms with van der Waals surface area (Å²) >= 11 is 0. The molecule has 3 N–H and O–H groups in total. The number of hydrogen-bond acceptors (Lipinski definition) is 6. The number of carboxylic acids is 1. The molecule has 0 aliphatic carbocycles. The molecule has 0 spiro atoms. The van der Waals surface area contributed by atoms with Gasteiger partial charge in [0.1, 0.15) is 11.5 Å². The lowest BCUT2D eigenvalue weighted by molar-refractivity contribution is -0.139. The summed E-state index contributed by atoms with van der Waals surface area (Å²) in [5.41, 5.74) is 3.68. The second-order valence-corrected chi connectivity index (χ2v) is 5.10. The molecule has 0 fully saturated rings. The lowest BCUT2D eigenvalue weighted by atomic mass is 10.2. The highest BCUT2D eigenvalue weighted by molar-refractivity contribution is 5.86. The molecule has 26 heavy (non-hydrogen) atoms. The Morgan fingerprint density at radius 3 is 2.77 bits per heavy atom. The number of methoxy groups -OCH3 is 1. The van der Waals surface area contributed by atoms with Gasteiger partial charge in [-0.3, -0.25) is 4.79 Å². The fourth-order valence-corrected chi connectivity index (χ4v) is 1.99. The predicted octanol–water partition coefficient (Wildman–Crippen LogP) is 1.72. The number of hydrazone groups is 1. The van der Waals surface area contributed by atoms with Gasteiger partial charge in [0.05, 0.1) is 19.9 Å². The Bertz CT molecular complexity index is 792. The Labute approximate surface area is 150 Å². The molecule has 0 aliphatic rings. The molecule has 136 valence electrons. The highest BCUT2D eigenvalue weighted by Crippen LogP contribution is 2.16. The van der Waals surface area contributed by atoms with E-state index in [0.717, 1.165) is 5.69 Å². The first kappa shape index (κ1) is 18.8. The third-order valence-corrected chi connectivity index (χ3v) is 3.19. The molecule has 0 saturated carbocycles. The van der Waals surface area contributed by atoms with Gasteiger partial charge in [0.25, 0.3) is 5.91 Å². The number of amides is 1. The molecular weight excluding hydrogens is 338 g/mol. The minimum Gasteiger partial charge on any atom is -0.497 e. The summed E-state index contributed by atoms with van der Waals surface area (Å²) in [7, 11) is 1.57. The fourth-order valence-electron chi connectivity index (χ4n) is 1.99. The molecule has 0 heterocycles. The number of carbonyl (C=O) groups excluding carboxylic acids is 1. The average molecular weight is 357 g/mol.